The number of carbonyl (C=O) groups excluding carboxylic acids is 2. The monoisotopic (exact) mass is 161 g/mol. The molecule has 0 saturated heterocycles. The van der Waals surface area contributed by atoms with Crippen LogP contribution < -0.4 is 11.5 Å². The van der Waals surface area contributed by atoms with E-state index in [0.717, 1.165) is 0 Å². The van der Waals surface area contributed by atoms with E-state index in [1.807, 2.05) is 0 Å². The summed E-state index contributed by atoms with van der Waals surface area (Å²) >= 11 is 0. The molecular weight excluding hydrogens is 156 g/mol. The molecule has 0 atom stereocenters. The molecule has 4 heteroatoms. The third kappa shape index (κ3) is 0.981. The Morgan fingerprint density at radius 2 is 1.33 bits per heavy atom. The Bertz CT molecular complexity index is 314. The maximum atomic E-state index is 10.9. The highest BCUT2D eigenvalue weighted by atomic mass is 16.2. The van der Waals surface area contributed by atoms with Crippen molar-refractivity contribution in [1.29, 1.82) is 0 Å². The summed E-state index contributed by atoms with van der Waals surface area (Å²) in [6, 6.07) is 6.74. The zero-order chi connectivity index (χ0) is 7.84. The minimum absolute atomic E-state index is 0. The predicted octanol–water partition coefficient (Wildman–Crippen LogP) is 0.0896. The van der Waals surface area contributed by atoms with Crippen molar-refractivity contribution in [2.45, 2.75) is 0 Å². The summed E-state index contributed by atoms with van der Waals surface area (Å²) in [6.45, 7) is 0. The van der Waals surface area contributed by atoms with Gasteiger partial charge in [-0.05, 0) is 12.1 Å². The molecule has 1 heterocycles. The molecule has 0 spiro atoms. The standard InChI is InChI=1S/C8H5NO2.N/c10-7-5-3-1-2-4-6(5)8(11)9-7;/h1-4H,(H,9,10,11);. The average Bonchev–Trinajstić information content (AvgIpc) is 2.30. The van der Waals surface area contributed by atoms with Crippen LogP contribution in [0.5, 0.6) is 0 Å². The Balaban J connectivity index is 0.000000720. The Morgan fingerprint density at radius 3 is 1.75 bits per heavy atom. The van der Waals surface area contributed by atoms with Gasteiger partial charge in [0.1, 0.15) is 0 Å². The third-order valence-electron chi connectivity index (χ3n) is 1.64. The van der Waals surface area contributed by atoms with E-state index in [-0.39, 0.29) is 18.0 Å². The van der Waals surface area contributed by atoms with Crippen LogP contribution >= 0.6 is 0 Å². The highest BCUT2D eigenvalue weighted by Crippen LogP contribution is 2.13. The van der Waals surface area contributed by atoms with Crippen molar-refractivity contribution >= 4 is 11.8 Å². The summed E-state index contributed by atoms with van der Waals surface area (Å²) in [5.41, 5.74) is 0.940. The molecular formula is C8H5N2O2. The second-order valence-electron chi connectivity index (χ2n) is 2.33. The molecule has 0 aliphatic carbocycles. The van der Waals surface area contributed by atoms with Crippen molar-refractivity contribution in [2.24, 2.45) is 0 Å². The molecule has 3 radical (unpaired) electrons. The number of hydrogen-bond acceptors (Lipinski definition) is 2. The SMILES string of the molecule is O=C1NC(=O)c2ccccc21.[N]. The molecule has 12 heavy (non-hydrogen) atoms. The number of hydrogen-bond donors (Lipinski definition) is 1. The van der Waals surface area contributed by atoms with Crippen LogP contribution in [0, 0.1) is 0 Å². The number of nitrogens with zero attached hydrogens (tertiary/aromatic N) is 1. The van der Waals surface area contributed by atoms with Crippen molar-refractivity contribution in [3.05, 3.63) is 35.4 Å². The molecule has 0 saturated carbocycles. The molecule has 1 aliphatic rings. The lowest BCUT2D eigenvalue weighted by Crippen LogP contribution is -2.19. The fraction of sp³-hybridized carbons (Fsp3) is 0. The van der Waals surface area contributed by atoms with Gasteiger partial charge in [-0.1, -0.05) is 12.1 Å². The molecule has 2 amide bonds. The first kappa shape index (κ1) is 8.42. The Hall–Kier alpha value is -1.68. The van der Waals surface area contributed by atoms with E-state index in [1.54, 1.807) is 24.3 Å². The number of amides is 2. The second kappa shape index (κ2) is 2.75. The molecule has 1 N–H and O–H groups in total. The van der Waals surface area contributed by atoms with Gasteiger partial charge in [0, 0.05) is 6.15 Å². The van der Waals surface area contributed by atoms with Crippen LogP contribution in [-0.2, 0) is 0 Å². The molecule has 4 nitrogen and oxygen atoms in total. The van der Waals surface area contributed by atoms with E-state index in [9.17, 15) is 9.59 Å². The first-order valence-electron chi connectivity index (χ1n) is 3.24. The number of benzene rings is 1. The molecule has 1 aromatic carbocycles. The molecule has 0 fully saturated rings. The van der Waals surface area contributed by atoms with Crippen molar-refractivity contribution in [1.82, 2.24) is 11.5 Å². The largest absolute Gasteiger partial charge is 0.288 e. The van der Waals surface area contributed by atoms with Crippen LogP contribution in [0.25, 0.3) is 0 Å². The van der Waals surface area contributed by atoms with Gasteiger partial charge in [-0.25, -0.2) is 0 Å². The fourth-order valence-electron chi connectivity index (χ4n) is 1.12. The van der Waals surface area contributed by atoms with Crippen molar-refractivity contribution in [3.63, 3.8) is 0 Å². The van der Waals surface area contributed by atoms with E-state index in [2.05, 4.69) is 5.32 Å². The zero-order valence-electron chi connectivity index (χ0n) is 6.07. The first-order valence-corrected chi connectivity index (χ1v) is 3.24. The Labute approximate surface area is 69.2 Å². The minimum atomic E-state index is -0.300. The lowest BCUT2D eigenvalue weighted by Gasteiger charge is -1.88. The van der Waals surface area contributed by atoms with Crippen molar-refractivity contribution < 1.29 is 9.59 Å². The summed E-state index contributed by atoms with van der Waals surface area (Å²) in [5.74, 6) is -0.601. The van der Waals surface area contributed by atoms with Crippen molar-refractivity contribution in [2.75, 3.05) is 0 Å². The van der Waals surface area contributed by atoms with Gasteiger partial charge in [0.05, 0.1) is 11.1 Å². The van der Waals surface area contributed by atoms with Gasteiger partial charge < -0.3 is 0 Å². The van der Waals surface area contributed by atoms with Gasteiger partial charge in [-0.15, -0.1) is 0 Å². The van der Waals surface area contributed by atoms with E-state index >= 15 is 0 Å². The average molecular weight is 161 g/mol. The predicted molar refractivity (Wildman–Crippen MR) is 40.4 cm³/mol. The summed E-state index contributed by atoms with van der Waals surface area (Å²) in [6.07, 6.45) is 0. The molecule has 0 unspecified atom stereocenters. The topological polar surface area (TPSA) is 76.7 Å². The lowest BCUT2D eigenvalue weighted by atomic mass is 10.1. The van der Waals surface area contributed by atoms with Gasteiger partial charge in [-0.2, -0.15) is 0 Å². The zero-order valence-corrected chi connectivity index (χ0v) is 6.07. The maximum absolute atomic E-state index is 10.9. The lowest BCUT2D eigenvalue weighted by molar-refractivity contribution is 0.0879. The van der Waals surface area contributed by atoms with Crippen LogP contribution in [-0.4, -0.2) is 11.8 Å². The summed E-state index contributed by atoms with van der Waals surface area (Å²) < 4.78 is 0. The first-order chi connectivity index (χ1) is 5.29. The normalized spacial score (nSPS) is 13.3. The van der Waals surface area contributed by atoms with Crippen LogP contribution in [0.3, 0.4) is 0 Å². The van der Waals surface area contributed by atoms with Gasteiger partial charge in [0.15, 0.2) is 0 Å². The van der Waals surface area contributed by atoms with Gasteiger partial charge >= 0.3 is 0 Å². The summed E-state index contributed by atoms with van der Waals surface area (Å²) in [4.78, 5) is 21.9. The molecule has 0 aromatic heterocycles. The highest BCUT2D eigenvalue weighted by Gasteiger charge is 2.25. The van der Waals surface area contributed by atoms with Crippen molar-refractivity contribution in [3.8, 4) is 0 Å². The number of carbonyl (C=O) groups is 2. The molecule has 1 aromatic rings. The van der Waals surface area contributed by atoms with E-state index in [4.69, 9.17) is 0 Å². The smallest absolute Gasteiger partial charge is 0.258 e. The molecule has 1 aliphatic heterocycles. The quantitative estimate of drug-likeness (QED) is 0.547. The molecule has 2 rings (SSSR count). The van der Waals surface area contributed by atoms with Crippen LogP contribution in [0.2, 0.25) is 0 Å². The van der Waals surface area contributed by atoms with Gasteiger partial charge in [0.25, 0.3) is 11.8 Å². The summed E-state index contributed by atoms with van der Waals surface area (Å²) in [5, 5.41) is 2.20. The third-order valence-corrected chi connectivity index (χ3v) is 1.64. The number of imide groups is 1. The Kier molecular flexibility index (Phi) is 1.93. The summed E-state index contributed by atoms with van der Waals surface area (Å²) in [7, 11) is 0. The molecule has 59 valence electrons. The second-order valence-corrected chi connectivity index (χ2v) is 2.33. The fourth-order valence-corrected chi connectivity index (χ4v) is 1.12. The minimum Gasteiger partial charge on any atom is -0.288 e. The van der Waals surface area contributed by atoms with Gasteiger partial charge in [0.2, 0.25) is 0 Å². The number of fused-ring (bicyclic) bond motifs is 1. The number of nitrogens with one attached hydrogen (secondary N) is 1. The van der Waals surface area contributed by atoms with E-state index < -0.39 is 0 Å². The molecule has 0 bridgehead atoms. The van der Waals surface area contributed by atoms with Crippen LogP contribution in [0.1, 0.15) is 20.7 Å². The van der Waals surface area contributed by atoms with Crippen LogP contribution in [0.4, 0.5) is 0 Å². The maximum Gasteiger partial charge on any atom is 0.258 e. The van der Waals surface area contributed by atoms with E-state index in [0.29, 0.717) is 11.1 Å². The highest BCUT2D eigenvalue weighted by molar-refractivity contribution is 6.21. The van der Waals surface area contributed by atoms with Gasteiger partial charge in [-0.3, -0.25) is 14.9 Å². The van der Waals surface area contributed by atoms with E-state index in [1.165, 1.54) is 0 Å². The van der Waals surface area contributed by atoms with Crippen LogP contribution in [0.15, 0.2) is 24.3 Å². The Morgan fingerprint density at radius 1 is 0.917 bits per heavy atom. The number of rotatable bonds is 0.